The van der Waals surface area contributed by atoms with Crippen molar-refractivity contribution < 1.29 is 14.6 Å². The van der Waals surface area contributed by atoms with Crippen molar-refractivity contribution in [2.45, 2.75) is 56.7 Å². The number of carbonyl (C=O) groups excluding carboxylic acids is 1. The van der Waals surface area contributed by atoms with Crippen molar-refractivity contribution in [2.75, 3.05) is 0 Å². The molecule has 21 heavy (non-hydrogen) atoms. The lowest BCUT2D eigenvalue weighted by atomic mass is 9.34. The first-order chi connectivity index (χ1) is 9.90. The van der Waals surface area contributed by atoms with E-state index >= 15 is 0 Å². The molecule has 0 aromatic heterocycles. The van der Waals surface area contributed by atoms with Gasteiger partial charge in [-0.15, -0.1) is 0 Å². The molecule has 0 aliphatic heterocycles. The molecule has 3 nitrogen and oxygen atoms in total. The second kappa shape index (κ2) is 3.56. The van der Waals surface area contributed by atoms with Crippen LogP contribution in [-0.4, -0.2) is 22.3 Å². The Morgan fingerprint density at radius 1 is 0.952 bits per heavy atom. The minimum atomic E-state index is -0.352. The lowest BCUT2D eigenvalue weighted by Crippen LogP contribution is -2.71. The van der Waals surface area contributed by atoms with E-state index in [9.17, 15) is 9.90 Å². The first kappa shape index (κ1) is 12.7. The van der Waals surface area contributed by atoms with Crippen LogP contribution in [0.15, 0.2) is 12.2 Å². The molecule has 0 saturated heterocycles. The maximum absolute atomic E-state index is 12.1. The van der Waals surface area contributed by atoms with Gasteiger partial charge in [0.25, 0.3) is 0 Å². The van der Waals surface area contributed by atoms with Crippen molar-refractivity contribution >= 4 is 5.97 Å². The van der Waals surface area contributed by atoms with Gasteiger partial charge in [0.1, 0.15) is 5.60 Å². The fourth-order valence-corrected chi connectivity index (χ4v) is 7.24. The Bertz CT molecular complexity index is 486. The molecule has 8 bridgehead atoms. The number of hydrogen-bond acceptors (Lipinski definition) is 3. The zero-order chi connectivity index (χ0) is 14.6. The van der Waals surface area contributed by atoms with Gasteiger partial charge < -0.3 is 9.84 Å². The van der Waals surface area contributed by atoms with Crippen molar-refractivity contribution in [3.63, 3.8) is 0 Å². The van der Waals surface area contributed by atoms with Crippen molar-refractivity contribution in [1.29, 1.82) is 0 Å². The molecule has 0 radical (unpaired) electrons. The van der Waals surface area contributed by atoms with Gasteiger partial charge in [-0.25, -0.2) is 4.79 Å². The molecule has 0 aromatic rings. The summed E-state index contributed by atoms with van der Waals surface area (Å²) >= 11 is 0. The Hall–Kier alpha value is -0.830. The zero-order valence-corrected chi connectivity index (χ0v) is 12.7. The van der Waals surface area contributed by atoms with E-state index in [2.05, 4.69) is 6.58 Å². The van der Waals surface area contributed by atoms with Crippen LogP contribution in [0, 0.1) is 35.5 Å². The highest BCUT2D eigenvalue weighted by atomic mass is 16.6. The van der Waals surface area contributed by atoms with Gasteiger partial charge in [-0.05, 0) is 81.0 Å². The second-order valence-electron chi connectivity index (χ2n) is 8.79. The fraction of sp³-hybridized carbons (Fsp3) is 0.833. The Labute approximate surface area is 125 Å². The Morgan fingerprint density at radius 3 is 1.71 bits per heavy atom. The number of aliphatic hydroxyl groups is 1. The standard InChI is InChI=1S/C18H24O3/c1-9(2)16(19)21-18-6-13-10-3-17(20)4-11(13)15(8-18)12(5-17)14(10)7-18/h10-15,20H,1,3-8H2,2H3. The topological polar surface area (TPSA) is 46.5 Å². The maximum atomic E-state index is 12.1. The molecule has 1 N–H and O–H groups in total. The Balaban J connectivity index is 1.50. The molecule has 0 spiro atoms. The summed E-state index contributed by atoms with van der Waals surface area (Å²) in [5, 5.41) is 10.8. The van der Waals surface area contributed by atoms with Crippen molar-refractivity contribution in [2.24, 2.45) is 35.5 Å². The largest absolute Gasteiger partial charge is 0.456 e. The van der Waals surface area contributed by atoms with E-state index in [-0.39, 0.29) is 17.2 Å². The predicted octanol–water partition coefficient (Wildman–Crippen LogP) is 2.68. The normalized spacial score (nSPS) is 58.6. The van der Waals surface area contributed by atoms with E-state index < -0.39 is 0 Å². The lowest BCUT2D eigenvalue weighted by molar-refractivity contribution is -0.292. The summed E-state index contributed by atoms with van der Waals surface area (Å²) in [4.78, 5) is 12.1. The number of hydrogen-bond donors (Lipinski definition) is 1. The zero-order valence-electron chi connectivity index (χ0n) is 12.7. The van der Waals surface area contributed by atoms with Gasteiger partial charge in [0, 0.05) is 5.57 Å². The number of esters is 1. The smallest absolute Gasteiger partial charge is 0.333 e. The quantitative estimate of drug-likeness (QED) is 0.628. The first-order valence-corrected chi connectivity index (χ1v) is 8.51. The second-order valence-corrected chi connectivity index (χ2v) is 8.79. The molecule has 7 aliphatic carbocycles. The molecule has 0 amide bonds. The van der Waals surface area contributed by atoms with Crippen LogP contribution in [0.1, 0.15) is 45.4 Å². The fourth-order valence-electron chi connectivity index (χ4n) is 7.24. The van der Waals surface area contributed by atoms with Crippen LogP contribution in [0.2, 0.25) is 0 Å². The molecule has 0 atom stereocenters. The van der Waals surface area contributed by atoms with Crippen molar-refractivity contribution in [3.8, 4) is 0 Å². The molecule has 0 heterocycles. The molecule has 7 aliphatic rings. The summed E-state index contributed by atoms with van der Waals surface area (Å²) in [6.45, 7) is 5.47. The molecular weight excluding hydrogens is 264 g/mol. The van der Waals surface area contributed by atoms with E-state index in [1.165, 1.54) is 0 Å². The highest BCUT2D eigenvalue weighted by molar-refractivity contribution is 5.87. The van der Waals surface area contributed by atoms with Crippen molar-refractivity contribution in [3.05, 3.63) is 12.2 Å². The monoisotopic (exact) mass is 288 g/mol. The first-order valence-electron chi connectivity index (χ1n) is 8.51. The average Bonchev–Trinajstić information content (AvgIpc) is 2.42. The van der Waals surface area contributed by atoms with Crippen LogP contribution in [0.25, 0.3) is 0 Å². The van der Waals surface area contributed by atoms with E-state index in [1.54, 1.807) is 6.92 Å². The van der Waals surface area contributed by atoms with E-state index in [0.29, 0.717) is 41.1 Å². The third kappa shape index (κ3) is 1.46. The number of ether oxygens (including phenoxy) is 1. The Morgan fingerprint density at radius 2 is 1.33 bits per heavy atom. The van der Waals surface area contributed by atoms with Gasteiger partial charge >= 0.3 is 5.97 Å². The van der Waals surface area contributed by atoms with E-state index in [4.69, 9.17) is 4.74 Å². The summed E-state index contributed by atoms with van der Waals surface area (Å²) < 4.78 is 5.97. The van der Waals surface area contributed by atoms with Gasteiger partial charge in [0.2, 0.25) is 0 Å². The van der Waals surface area contributed by atoms with Gasteiger partial charge in [0.05, 0.1) is 5.60 Å². The maximum Gasteiger partial charge on any atom is 0.333 e. The highest BCUT2D eigenvalue weighted by Gasteiger charge is 2.71. The summed E-state index contributed by atoms with van der Waals surface area (Å²) in [6, 6.07) is 0. The summed E-state index contributed by atoms with van der Waals surface area (Å²) in [5.74, 6) is 3.96. The summed E-state index contributed by atoms with van der Waals surface area (Å²) in [6.07, 6.45) is 6.14. The molecule has 0 aromatic carbocycles. The molecule has 7 saturated carbocycles. The van der Waals surface area contributed by atoms with Gasteiger partial charge in [-0.2, -0.15) is 0 Å². The molecule has 0 unspecified atom stereocenters. The molecular formula is C18H24O3. The van der Waals surface area contributed by atoms with Gasteiger partial charge in [-0.3, -0.25) is 0 Å². The Kier molecular flexibility index (Phi) is 2.15. The summed E-state index contributed by atoms with van der Waals surface area (Å²) in [7, 11) is 0. The van der Waals surface area contributed by atoms with Crippen molar-refractivity contribution in [1.82, 2.24) is 0 Å². The predicted molar refractivity (Wildman–Crippen MR) is 77.2 cm³/mol. The van der Waals surface area contributed by atoms with Crippen LogP contribution in [0.4, 0.5) is 0 Å². The molecule has 7 fully saturated rings. The molecule has 114 valence electrons. The molecule has 7 rings (SSSR count). The number of carbonyl (C=O) groups is 1. The van der Waals surface area contributed by atoms with Crippen LogP contribution < -0.4 is 0 Å². The SMILES string of the molecule is C=C(C)C(=O)OC12CC3C4CC5(O)CC3C(C1)C(C5)C4C2. The van der Waals surface area contributed by atoms with Gasteiger partial charge in [0.15, 0.2) is 0 Å². The van der Waals surface area contributed by atoms with Crippen LogP contribution in [0.5, 0.6) is 0 Å². The van der Waals surface area contributed by atoms with E-state index in [1.807, 2.05) is 0 Å². The highest BCUT2D eigenvalue weighted by Crippen LogP contribution is 2.73. The van der Waals surface area contributed by atoms with Crippen LogP contribution >= 0.6 is 0 Å². The van der Waals surface area contributed by atoms with Crippen LogP contribution in [0.3, 0.4) is 0 Å². The van der Waals surface area contributed by atoms with Crippen LogP contribution in [-0.2, 0) is 9.53 Å². The molecule has 3 heteroatoms. The van der Waals surface area contributed by atoms with E-state index in [0.717, 1.165) is 38.5 Å². The average molecular weight is 288 g/mol. The number of rotatable bonds is 2. The minimum absolute atomic E-state index is 0.202. The summed E-state index contributed by atoms with van der Waals surface area (Å²) in [5.41, 5.74) is -0.0365. The minimum Gasteiger partial charge on any atom is -0.456 e. The third-order valence-electron chi connectivity index (χ3n) is 7.63. The van der Waals surface area contributed by atoms with Gasteiger partial charge in [-0.1, -0.05) is 6.58 Å². The third-order valence-corrected chi connectivity index (χ3v) is 7.63. The lowest BCUT2D eigenvalue weighted by Gasteiger charge is -2.73.